The zero-order valence-electron chi connectivity index (χ0n) is 9.43. The van der Waals surface area contributed by atoms with Crippen molar-refractivity contribution in [3.05, 3.63) is 11.1 Å². The maximum absolute atomic E-state index is 11.1. The molecule has 0 saturated carbocycles. The second-order valence-corrected chi connectivity index (χ2v) is 3.44. The lowest BCUT2D eigenvalue weighted by atomic mass is 10.0. The van der Waals surface area contributed by atoms with Crippen LogP contribution < -0.4 is 5.90 Å². The average molecular weight is 199 g/mol. The Morgan fingerprint density at radius 2 is 1.93 bits per heavy atom. The molecule has 0 atom stereocenters. The van der Waals surface area contributed by atoms with E-state index in [1.54, 1.807) is 6.92 Å². The van der Waals surface area contributed by atoms with Crippen LogP contribution in [0.1, 0.15) is 52.9 Å². The molecule has 0 saturated heterocycles. The van der Waals surface area contributed by atoms with Crippen LogP contribution in [-0.4, -0.2) is 5.97 Å². The minimum absolute atomic E-state index is 0.404. The van der Waals surface area contributed by atoms with Crippen LogP contribution in [0.25, 0.3) is 0 Å². The fourth-order valence-corrected chi connectivity index (χ4v) is 1.45. The average Bonchev–Trinajstić information content (AvgIpc) is 2.22. The van der Waals surface area contributed by atoms with Gasteiger partial charge >= 0.3 is 5.97 Å². The van der Waals surface area contributed by atoms with Crippen molar-refractivity contribution in [1.29, 1.82) is 0 Å². The van der Waals surface area contributed by atoms with Crippen LogP contribution in [0.2, 0.25) is 0 Å². The molecule has 0 heterocycles. The molecule has 0 aliphatic carbocycles. The van der Waals surface area contributed by atoms with Crippen LogP contribution in [0.3, 0.4) is 0 Å². The summed E-state index contributed by atoms with van der Waals surface area (Å²) in [5.74, 6) is 4.43. The number of hydrogen-bond donors (Lipinski definition) is 1. The highest BCUT2D eigenvalue weighted by Gasteiger charge is 2.09. The molecule has 0 aliphatic rings. The standard InChI is InChI=1S/C11H21NO2/c1-4-6-7-8-10(5-2)9(3)11(13)14-12/h4-8,12H2,1-3H3. The van der Waals surface area contributed by atoms with Crippen molar-refractivity contribution in [2.45, 2.75) is 52.9 Å². The summed E-state index contributed by atoms with van der Waals surface area (Å²) in [5.41, 5.74) is 1.83. The molecule has 82 valence electrons. The van der Waals surface area contributed by atoms with E-state index in [9.17, 15) is 4.79 Å². The summed E-state index contributed by atoms with van der Waals surface area (Å²) >= 11 is 0. The van der Waals surface area contributed by atoms with Gasteiger partial charge in [0, 0.05) is 5.57 Å². The summed E-state index contributed by atoms with van der Waals surface area (Å²) < 4.78 is 0. The number of carbonyl (C=O) groups excluding carboxylic acids is 1. The summed E-state index contributed by atoms with van der Waals surface area (Å²) in [5, 5.41) is 0. The molecule has 0 fully saturated rings. The van der Waals surface area contributed by atoms with E-state index >= 15 is 0 Å². The molecule has 0 amide bonds. The molecule has 0 radical (unpaired) electrons. The molecule has 3 heteroatoms. The van der Waals surface area contributed by atoms with Crippen LogP contribution in [0.4, 0.5) is 0 Å². The van der Waals surface area contributed by atoms with Crippen LogP contribution >= 0.6 is 0 Å². The molecule has 3 nitrogen and oxygen atoms in total. The minimum atomic E-state index is -0.404. The van der Waals surface area contributed by atoms with Crippen molar-refractivity contribution in [3.63, 3.8) is 0 Å². The molecule has 0 bridgehead atoms. The third-order valence-corrected chi connectivity index (χ3v) is 2.45. The second kappa shape index (κ2) is 7.56. The zero-order chi connectivity index (χ0) is 11.0. The SMILES string of the molecule is CCCCCC(CC)=C(C)C(=O)ON. The lowest BCUT2D eigenvalue weighted by Gasteiger charge is -2.07. The third-order valence-electron chi connectivity index (χ3n) is 2.45. The Morgan fingerprint density at radius 3 is 2.36 bits per heavy atom. The van der Waals surface area contributed by atoms with E-state index < -0.39 is 5.97 Å². The van der Waals surface area contributed by atoms with Crippen LogP contribution in [0, 0.1) is 0 Å². The quantitative estimate of drug-likeness (QED) is 0.406. The van der Waals surface area contributed by atoms with Crippen molar-refractivity contribution in [2.24, 2.45) is 5.90 Å². The van der Waals surface area contributed by atoms with Gasteiger partial charge in [-0.1, -0.05) is 32.3 Å². The van der Waals surface area contributed by atoms with Crippen molar-refractivity contribution in [2.75, 3.05) is 0 Å². The van der Waals surface area contributed by atoms with Crippen molar-refractivity contribution in [1.82, 2.24) is 0 Å². The van der Waals surface area contributed by atoms with E-state index in [0.717, 1.165) is 24.8 Å². The maximum atomic E-state index is 11.1. The highest BCUT2D eigenvalue weighted by Crippen LogP contribution is 2.17. The van der Waals surface area contributed by atoms with E-state index in [1.807, 2.05) is 0 Å². The van der Waals surface area contributed by atoms with Gasteiger partial charge in [0.1, 0.15) is 0 Å². The predicted molar refractivity (Wildman–Crippen MR) is 57.4 cm³/mol. The van der Waals surface area contributed by atoms with Crippen molar-refractivity contribution in [3.8, 4) is 0 Å². The van der Waals surface area contributed by atoms with E-state index in [4.69, 9.17) is 5.90 Å². The number of hydrogen-bond acceptors (Lipinski definition) is 3. The van der Waals surface area contributed by atoms with Crippen molar-refractivity contribution >= 4 is 5.97 Å². The summed E-state index contributed by atoms with van der Waals surface area (Å²) in [6, 6.07) is 0. The largest absolute Gasteiger partial charge is 0.370 e. The normalized spacial score (nSPS) is 12.3. The number of unbranched alkanes of at least 4 members (excludes halogenated alkanes) is 2. The topological polar surface area (TPSA) is 52.3 Å². The molecule has 0 rings (SSSR count). The van der Waals surface area contributed by atoms with Gasteiger partial charge in [-0.15, -0.1) is 0 Å². The summed E-state index contributed by atoms with van der Waals surface area (Å²) in [6.45, 7) is 5.99. The molecule has 0 unspecified atom stereocenters. The van der Waals surface area contributed by atoms with Crippen LogP contribution in [-0.2, 0) is 9.63 Å². The van der Waals surface area contributed by atoms with Crippen LogP contribution in [0.15, 0.2) is 11.1 Å². The summed E-state index contributed by atoms with van der Waals surface area (Å²) in [7, 11) is 0. The predicted octanol–water partition coefficient (Wildman–Crippen LogP) is 2.71. The Morgan fingerprint density at radius 1 is 1.29 bits per heavy atom. The van der Waals surface area contributed by atoms with Gasteiger partial charge in [-0.25, -0.2) is 4.79 Å². The fourth-order valence-electron chi connectivity index (χ4n) is 1.45. The van der Waals surface area contributed by atoms with Gasteiger partial charge in [0.15, 0.2) is 0 Å². The maximum Gasteiger partial charge on any atom is 0.352 e. The molecule has 0 aromatic carbocycles. The number of carbonyl (C=O) groups is 1. The molecule has 0 aliphatic heterocycles. The summed E-state index contributed by atoms with van der Waals surface area (Å²) in [4.78, 5) is 15.3. The van der Waals surface area contributed by atoms with Gasteiger partial charge in [0.25, 0.3) is 0 Å². The molecule has 2 N–H and O–H groups in total. The van der Waals surface area contributed by atoms with Gasteiger partial charge in [0.05, 0.1) is 0 Å². The molecule has 0 aromatic rings. The lowest BCUT2D eigenvalue weighted by molar-refractivity contribution is -0.139. The first kappa shape index (κ1) is 13.2. The highest BCUT2D eigenvalue weighted by molar-refractivity contribution is 5.88. The third kappa shape index (κ3) is 4.42. The Balaban J connectivity index is 4.27. The Bertz CT molecular complexity index is 209. The molecule has 0 spiro atoms. The minimum Gasteiger partial charge on any atom is -0.370 e. The smallest absolute Gasteiger partial charge is 0.352 e. The first-order valence-corrected chi connectivity index (χ1v) is 5.27. The van der Waals surface area contributed by atoms with E-state index in [1.165, 1.54) is 12.8 Å². The number of rotatable bonds is 6. The Kier molecular flexibility index (Phi) is 7.11. The zero-order valence-corrected chi connectivity index (χ0v) is 9.43. The molecular formula is C11H21NO2. The number of allylic oxidation sites excluding steroid dienone is 1. The first-order valence-electron chi connectivity index (χ1n) is 5.27. The van der Waals surface area contributed by atoms with Crippen molar-refractivity contribution < 1.29 is 9.63 Å². The fraction of sp³-hybridized carbons (Fsp3) is 0.727. The van der Waals surface area contributed by atoms with E-state index in [2.05, 4.69) is 18.7 Å². The van der Waals surface area contributed by atoms with E-state index in [0.29, 0.717) is 5.57 Å². The molecular weight excluding hydrogens is 178 g/mol. The van der Waals surface area contributed by atoms with Gasteiger partial charge in [-0.3, -0.25) is 0 Å². The molecule has 14 heavy (non-hydrogen) atoms. The van der Waals surface area contributed by atoms with Gasteiger partial charge in [-0.2, -0.15) is 5.90 Å². The Labute approximate surface area is 86.3 Å². The van der Waals surface area contributed by atoms with Gasteiger partial charge in [-0.05, 0) is 26.2 Å². The van der Waals surface area contributed by atoms with Crippen LogP contribution in [0.5, 0.6) is 0 Å². The Hall–Kier alpha value is -0.830. The monoisotopic (exact) mass is 199 g/mol. The first-order chi connectivity index (χ1) is 6.67. The highest BCUT2D eigenvalue weighted by atomic mass is 16.7. The second-order valence-electron chi connectivity index (χ2n) is 3.44. The van der Waals surface area contributed by atoms with E-state index in [-0.39, 0.29) is 0 Å². The number of nitrogens with two attached hydrogens (primary N) is 1. The summed E-state index contributed by atoms with van der Waals surface area (Å²) in [6.07, 6.45) is 5.40. The lowest BCUT2D eigenvalue weighted by Crippen LogP contribution is -2.12. The van der Waals surface area contributed by atoms with Gasteiger partial charge in [0.2, 0.25) is 0 Å². The van der Waals surface area contributed by atoms with Gasteiger partial charge < -0.3 is 4.84 Å². The molecule has 0 aromatic heterocycles.